The van der Waals surface area contributed by atoms with Crippen molar-refractivity contribution in [3.05, 3.63) is 35.9 Å². The van der Waals surface area contributed by atoms with Crippen LogP contribution >= 0.6 is 0 Å². The average molecular weight is 204 g/mol. The molecule has 1 aliphatic carbocycles. The van der Waals surface area contributed by atoms with Gasteiger partial charge in [0.05, 0.1) is 13.0 Å². The normalized spacial score (nSPS) is 28.2. The third kappa shape index (κ3) is 1.65. The molecule has 0 heterocycles. The van der Waals surface area contributed by atoms with Crippen LogP contribution in [-0.4, -0.2) is 19.4 Å². The number of hydrogen-bond donors (Lipinski definition) is 0. The molecule has 15 heavy (non-hydrogen) atoms. The molecule has 1 aliphatic rings. The summed E-state index contributed by atoms with van der Waals surface area (Å²) in [5.41, 5.74) is 1.03. The predicted octanol–water partition coefficient (Wildman–Crippen LogP) is 1.39. The van der Waals surface area contributed by atoms with E-state index in [1.54, 1.807) is 0 Å². The van der Waals surface area contributed by atoms with Crippen molar-refractivity contribution in [1.82, 2.24) is 0 Å². The van der Waals surface area contributed by atoms with Gasteiger partial charge in [-0.1, -0.05) is 30.3 Å². The van der Waals surface area contributed by atoms with Gasteiger partial charge in [0.1, 0.15) is 6.29 Å². The van der Waals surface area contributed by atoms with Gasteiger partial charge in [-0.15, -0.1) is 0 Å². The lowest BCUT2D eigenvalue weighted by atomic mass is 10.1. The summed E-state index contributed by atoms with van der Waals surface area (Å²) >= 11 is 0. The van der Waals surface area contributed by atoms with Crippen LogP contribution in [0.4, 0.5) is 0 Å². The van der Waals surface area contributed by atoms with Crippen LogP contribution < -0.4 is 0 Å². The molecule has 3 heteroatoms. The van der Waals surface area contributed by atoms with Crippen LogP contribution in [0.25, 0.3) is 0 Å². The Morgan fingerprint density at radius 2 is 2.00 bits per heavy atom. The molecule has 2 rings (SSSR count). The van der Waals surface area contributed by atoms with Gasteiger partial charge < -0.3 is 9.53 Å². The number of aldehydes is 1. The lowest BCUT2D eigenvalue weighted by Crippen LogP contribution is -2.05. The minimum absolute atomic E-state index is 0.0103. The summed E-state index contributed by atoms with van der Waals surface area (Å²) in [5, 5.41) is 0. The largest absolute Gasteiger partial charge is 0.469 e. The van der Waals surface area contributed by atoms with E-state index >= 15 is 0 Å². The third-order valence-electron chi connectivity index (χ3n) is 2.89. The molecule has 0 radical (unpaired) electrons. The monoisotopic (exact) mass is 204 g/mol. The molecule has 1 aromatic rings. The molecule has 0 aromatic heterocycles. The Labute approximate surface area is 88.1 Å². The van der Waals surface area contributed by atoms with Crippen molar-refractivity contribution in [3.8, 4) is 0 Å². The molecule has 0 spiro atoms. The minimum Gasteiger partial charge on any atom is -0.469 e. The van der Waals surface area contributed by atoms with E-state index in [9.17, 15) is 9.59 Å². The summed E-state index contributed by atoms with van der Waals surface area (Å²) in [7, 11) is 1.35. The Morgan fingerprint density at radius 3 is 2.53 bits per heavy atom. The smallest absolute Gasteiger partial charge is 0.310 e. The second-order valence-corrected chi connectivity index (χ2v) is 3.70. The molecule has 0 bridgehead atoms. The van der Waals surface area contributed by atoms with Crippen LogP contribution in [0.2, 0.25) is 0 Å². The van der Waals surface area contributed by atoms with Crippen molar-refractivity contribution in [1.29, 1.82) is 0 Å². The zero-order chi connectivity index (χ0) is 10.8. The molecule has 3 atom stereocenters. The number of methoxy groups -OCH3 is 1. The molecule has 1 fully saturated rings. The molecular formula is C12H12O3. The molecule has 0 aliphatic heterocycles. The van der Waals surface area contributed by atoms with Gasteiger partial charge in [-0.3, -0.25) is 4.79 Å². The van der Waals surface area contributed by atoms with E-state index in [2.05, 4.69) is 4.74 Å². The predicted molar refractivity (Wildman–Crippen MR) is 54.2 cm³/mol. The SMILES string of the molecule is COC(=O)[C@@H]1[C@H](C=O)[C@H]1c1ccccc1. The second kappa shape index (κ2) is 3.85. The van der Waals surface area contributed by atoms with Gasteiger partial charge in [-0.2, -0.15) is 0 Å². The first-order valence-electron chi connectivity index (χ1n) is 4.87. The van der Waals surface area contributed by atoms with Crippen molar-refractivity contribution in [2.24, 2.45) is 11.8 Å². The summed E-state index contributed by atoms with van der Waals surface area (Å²) in [6.45, 7) is 0. The number of ether oxygens (including phenoxy) is 1. The molecule has 0 N–H and O–H groups in total. The fourth-order valence-corrected chi connectivity index (χ4v) is 2.05. The van der Waals surface area contributed by atoms with E-state index in [0.717, 1.165) is 11.8 Å². The van der Waals surface area contributed by atoms with Crippen molar-refractivity contribution >= 4 is 12.3 Å². The van der Waals surface area contributed by atoms with Crippen LogP contribution in [0.5, 0.6) is 0 Å². The van der Waals surface area contributed by atoms with E-state index in [-0.39, 0.29) is 23.7 Å². The highest BCUT2D eigenvalue weighted by Crippen LogP contribution is 2.53. The molecule has 1 saturated carbocycles. The van der Waals surface area contributed by atoms with Gasteiger partial charge >= 0.3 is 5.97 Å². The van der Waals surface area contributed by atoms with Crippen LogP contribution in [-0.2, 0) is 14.3 Å². The number of rotatable bonds is 3. The van der Waals surface area contributed by atoms with Crippen molar-refractivity contribution in [2.45, 2.75) is 5.92 Å². The topological polar surface area (TPSA) is 43.4 Å². The van der Waals surface area contributed by atoms with E-state index in [1.165, 1.54) is 7.11 Å². The van der Waals surface area contributed by atoms with Crippen LogP contribution in [0, 0.1) is 11.8 Å². The van der Waals surface area contributed by atoms with Gasteiger partial charge in [-0.05, 0) is 5.56 Å². The van der Waals surface area contributed by atoms with Crippen molar-refractivity contribution < 1.29 is 14.3 Å². The lowest BCUT2D eigenvalue weighted by molar-refractivity contribution is -0.143. The molecule has 0 saturated heterocycles. The molecule has 1 aromatic carbocycles. The number of benzene rings is 1. The van der Waals surface area contributed by atoms with E-state index in [4.69, 9.17) is 0 Å². The van der Waals surface area contributed by atoms with Crippen molar-refractivity contribution in [2.75, 3.05) is 7.11 Å². The van der Waals surface area contributed by atoms with Gasteiger partial charge in [0.25, 0.3) is 0 Å². The zero-order valence-electron chi connectivity index (χ0n) is 8.42. The highest BCUT2D eigenvalue weighted by molar-refractivity contribution is 5.84. The first-order valence-corrected chi connectivity index (χ1v) is 4.87. The number of carbonyl (C=O) groups excluding carboxylic acids is 2. The molecular weight excluding hydrogens is 192 g/mol. The highest BCUT2D eigenvalue weighted by Gasteiger charge is 2.56. The average Bonchev–Trinajstić information content (AvgIpc) is 3.03. The van der Waals surface area contributed by atoms with E-state index in [0.29, 0.717) is 0 Å². The summed E-state index contributed by atoms with van der Waals surface area (Å²) in [6.07, 6.45) is 0.846. The molecule has 0 unspecified atom stereocenters. The van der Waals surface area contributed by atoms with Crippen LogP contribution in [0.1, 0.15) is 11.5 Å². The summed E-state index contributed by atoms with van der Waals surface area (Å²) < 4.78 is 4.66. The maximum absolute atomic E-state index is 11.3. The lowest BCUT2D eigenvalue weighted by Gasteiger charge is -1.98. The maximum atomic E-state index is 11.3. The Balaban J connectivity index is 2.19. The molecule has 3 nitrogen and oxygen atoms in total. The third-order valence-corrected chi connectivity index (χ3v) is 2.89. The van der Waals surface area contributed by atoms with Gasteiger partial charge in [0, 0.05) is 11.8 Å². The van der Waals surface area contributed by atoms with Gasteiger partial charge in [-0.25, -0.2) is 0 Å². The Kier molecular flexibility index (Phi) is 2.54. The number of carbonyl (C=O) groups is 2. The molecule has 0 amide bonds. The van der Waals surface area contributed by atoms with E-state index in [1.807, 2.05) is 30.3 Å². The van der Waals surface area contributed by atoms with E-state index < -0.39 is 0 Å². The number of hydrogen-bond acceptors (Lipinski definition) is 3. The minimum atomic E-state index is -0.291. The van der Waals surface area contributed by atoms with Gasteiger partial charge in [0.2, 0.25) is 0 Å². The van der Waals surface area contributed by atoms with Crippen molar-refractivity contribution in [3.63, 3.8) is 0 Å². The summed E-state index contributed by atoms with van der Waals surface area (Å²) in [5.74, 6) is -0.771. The first kappa shape index (κ1) is 9.90. The van der Waals surface area contributed by atoms with Gasteiger partial charge in [0.15, 0.2) is 0 Å². The van der Waals surface area contributed by atoms with Crippen LogP contribution in [0.15, 0.2) is 30.3 Å². The number of esters is 1. The highest BCUT2D eigenvalue weighted by atomic mass is 16.5. The van der Waals surface area contributed by atoms with Crippen LogP contribution in [0.3, 0.4) is 0 Å². The maximum Gasteiger partial charge on any atom is 0.310 e. The molecule has 78 valence electrons. The Hall–Kier alpha value is -1.64. The Bertz CT molecular complexity index is 372. The fourth-order valence-electron chi connectivity index (χ4n) is 2.05. The quantitative estimate of drug-likeness (QED) is 0.552. The summed E-state index contributed by atoms with van der Waals surface area (Å²) in [6, 6.07) is 9.59. The standard InChI is InChI=1S/C12H12O3/c1-15-12(14)11-9(7-13)10(11)8-5-3-2-4-6-8/h2-7,9-11H,1H3/t9-,10-,11-/m1/s1. The zero-order valence-corrected chi connectivity index (χ0v) is 8.42. The fraction of sp³-hybridized carbons (Fsp3) is 0.333. The summed E-state index contributed by atoms with van der Waals surface area (Å²) in [4.78, 5) is 22.1. The first-order chi connectivity index (χ1) is 7.29. The second-order valence-electron chi connectivity index (χ2n) is 3.70. The Morgan fingerprint density at radius 1 is 1.33 bits per heavy atom.